The predicted octanol–water partition coefficient (Wildman–Crippen LogP) is -5.04. The van der Waals surface area contributed by atoms with Crippen molar-refractivity contribution in [3.8, 4) is 0 Å². The van der Waals surface area contributed by atoms with Crippen LogP contribution in [0.15, 0.2) is 15.3 Å². The number of hydrogen-bond donors (Lipinski definition) is 0. The molecule has 0 radical (unpaired) electrons. The molecular formula is C3HNNa2S3. The molecule has 0 saturated carbocycles. The van der Waals surface area contributed by atoms with E-state index in [-0.39, 0.29) is 59.1 Å². The monoisotopic (exact) mass is 193 g/mol. The van der Waals surface area contributed by atoms with Gasteiger partial charge in [-0.2, -0.15) is 4.90 Å². The summed E-state index contributed by atoms with van der Waals surface area (Å²) in [5, 5.41) is 2.32. The van der Waals surface area contributed by atoms with Gasteiger partial charge in [-0.05, 0) is 16.9 Å². The zero-order valence-electron chi connectivity index (χ0n) is 5.25. The van der Waals surface area contributed by atoms with Gasteiger partial charge in [0.1, 0.15) is 0 Å². The molecule has 0 fully saturated rings. The quantitative estimate of drug-likeness (QED) is 0.302. The van der Waals surface area contributed by atoms with Gasteiger partial charge in [0.2, 0.25) is 0 Å². The summed E-state index contributed by atoms with van der Waals surface area (Å²) in [6.07, 6.45) is 0. The van der Waals surface area contributed by atoms with Gasteiger partial charge < -0.3 is 25.3 Å². The third-order valence-electron chi connectivity index (χ3n) is 0.506. The zero-order valence-corrected chi connectivity index (χ0v) is 11.7. The van der Waals surface area contributed by atoms with Gasteiger partial charge in [0, 0.05) is 0 Å². The molecule has 38 valence electrons. The van der Waals surface area contributed by atoms with Crippen molar-refractivity contribution in [3.05, 3.63) is 5.38 Å². The molecule has 0 atom stereocenters. The van der Waals surface area contributed by atoms with Crippen LogP contribution in [0.3, 0.4) is 0 Å². The summed E-state index contributed by atoms with van der Waals surface area (Å²) >= 11 is 10.7. The van der Waals surface area contributed by atoms with E-state index in [0.717, 1.165) is 0 Å². The Balaban J connectivity index is 0. The molecule has 9 heavy (non-hydrogen) atoms. The first kappa shape index (κ1) is 13.6. The van der Waals surface area contributed by atoms with Crippen LogP contribution in [0.4, 0.5) is 0 Å². The van der Waals surface area contributed by atoms with Crippen molar-refractivity contribution >= 4 is 36.8 Å². The summed E-state index contributed by atoms with van der Waals surface area (Å²) in [5.74, 6) is 0. The third-order valence-corrected chi connectivity index (χ3v) is 2.15. The summed E-state index contributed by atoms with van der Waals surface area (Å²) < 4.78 is 3.77. The van der Waals surface area contributed by atoms with Crippen molar-refractivity contribution in [3.63, 3.8) is 0 Å². The van der Waals surface area contributed by atoms with Crippen LogP contribution >= 0.6 is 11.5 Å². The van der Waals surface area contributed by atoms with E-state index in [4.69, 9.17) is 12.6 Å². The number of nitrogens with zero attached hydrogens (tertiary/aromatic N) is 1. The van der Waals surface area contributed by atoms with E-state index in [2.05, 4.69) is 17.0 Å². The minimum atomic E-state index is 0. The van der Waals surface area contributed by atoms with Gasteiger partial charge in [0.05, 0.1) is 0 Å². The van der Waals surface area contributed by atoms with Gasteiger partial charge in [-0.15, -0.1) is 0 Å². The maximum absolute atomic E-state index is 4.73. The number of hydrogen-bond acceptors (Lipinski definition) is 4. The first-order valence-corrected chi connectivity index (χ1v) is 3.24. The molecule has 1 nitrogen and oxygen atoms in total. The van der Waals surface area contributed by atoms with Crippen molar-refractivity contribution in [1.82, 2.24) is 4.37 Å². The van der Waals surface area contributed by atoms with Gasteiger partial charge >= 0.3 is 59.1 Å². The molecule has 0 aliphatic heterocycles. The Bertz CT molecular complexity index is 149. The molecule has 0 aliphatic carbocycles. The molecule has 1 aromatic heterocycles. The zero-order chi connectivity index (χ0) is 5.28. The first-order chi connectivity index (χ1) is 3.30. The van der Waals surface area contributed by atoms with Crippen LogP contribution in [0.2, 0.25) is 0 Å². The summed E-state index contributed by atoms with van der Waals surface area (Å²) in [6, 6.07) is 0. The van der Waals surface area contributed by atoms with Crippen LogP contribution in [0, 0.1) is 0 Å². The Kier molecular flexibility index (Phi) is 10.2. The fourth-order valence-corrected chi connectivity index (χ4v) is 1.17. The fraction of sp³-hybridized carbons (Fsp3) is 0. The molecule has 1 aromatic rings. The smallest absolute Gasteiger partial charge is 0.779 e. The van der Waals surface area contributed by atoms with Crippen molar-refractivity contribution in [1.29, 1.82) is 0 Å². The van der Waals surface area contributed by atoms with Crippen LogP contribution in [0.5, 0.6) is 0 Å². The van der Waals surface area contributed by atoms with Crippen molar-refractivity contribution in [2.75, 3.05) is 0 Å². The molecule has 0 N–H and O–H groups in total. The maximum atomic E-state index is 4.73. The van der Waals surface area contributed by atoms with Crippen LogP contribution in [-0.4, -0.2) is 4.37 Å². The van der Waals surface area contributed by atoms with Gasteiger partial charge in [-0.25, -0.2) is 4.37 Å². The van der Waals surface area contributed by atoms with Crippen LogP contribution in [0.1, 0.15) is 0 Å². The fourth-order valence-electron chi connectivity index (χ4n) is 0.217. The molecule has 0 amide bonds. The Morgan fingerprint density at radius 1 is 1.33 bits per heavy atom. The number of rotatable bonds is 0. The third kappa shape index (κ3) is 4.50. The second-order valence-electron chi connectivity index (χ2n) is 0.984. The Labute approximate surface area is 114 Å². The Morgan fingerprint density at radius 3 is 2.00 bits per heavy atom. The molecule has 0 bridgehead atoms. The van der Waals surface area contributed by atoms with E-state index in [0.29, 0.717) is 9.92 Å². The predicted molar refractivity (Wildman–Crippen MR) is 33.4 cm³/mol. The average Bonchev–Trinajstić information content (AvgIpc) is 1.91. The normalized spacial score (nSPS) is 7.11. The van der Waals surface area contributed by atoms with Gasteiger partial charge in [0.15, 0.2) is 0 Å². The molecule has 1 heterocycles. The van der Waals surface area contributed by atoms with Crippen molar-refractivity contribution in [2.45, 2.75) is 9.92 Å². The molecule has 0 spiro atoms. The minimum absolute atomic E-state index is 0. The molecule has 0 aliphatic rings. The molecule has 6 heteroatoms. The van der Waals surface area contributed by atoms with Crippen molar-refractivity contribution in [2.24, 2.45) is 0 Å². The van der Waals surface area contributed by atoms with Gasteiger partial charge in [-0.1, -0.05) is 5.03 Å². The van der Waals surface area contributed by atoms with E-state index in [1.165, 1.54) is 11.5 Å². The topological polar surface area (TPSA) is 12.9 Å². The van der Waals surface area contributed by atoms with Crippen LogP contribution in [0.25, 0.3) is 0 Å². The molecule has 0 unspecified atom stereocenters. The second-order valence-corrected chi connectivity index (χ2v) is 2.44. The van der Waals surface area contributed by atoms with E-state index < -0.39 is 0 Å². The van der Waals surface area contributed by atoms with Crippen LogP contribution < -0.4 is 59.1 Å². The first-order valence-electron chi connectivity index (χ1n) is 1.59. The standard InChI is InChI=1S/C3H3NS3.2Na/c5-2-1-7-4-3(2)6;;/h1,5H,(H,4,6);;/q;2*+1/p-2. The summed E-state index contributed by atoms with van der Waals surface area (Å²) in [6.45, 7) is 0. The Morgan fingerprint density at radius 2 is 1.89 bits per heavy atom. The Hall–Kier alpha value is 2.07. The largest absolute Gasteiger partial charge is 1.00 e. The van der Waals surface area contributed by atoms with Gasteiger partial charge in [-0.3, -0.25) is 0 Å². The average molecular weight is 193 g/mol. The SMILES string of the molecule is [Na+].[Na+].[S-]c1csnc1[S-]. The summed E-state index contributed by atoms with van der Waals surface area (Å²) in [7, 11) is 0. The maximum Gasteiger partial charge on any atom is 1.00 e. The van der Waals surface area contributed by atoms with Crippen molar-refractivity contribution < 1.29 is 59.1 Å². The minimum Gasteiger partial charge on any atom is -0.779 e. The summed E-state index contributed by atoms with van der Waals surface area (Å²) in [5.41, 5.74) is 0. The van der Waals surface area contributed by atoms with E-state index in [1.807, 2.05) is 0 Å². The molecular weight excluding hydrogens is 192 g/mol. The van der Waals surface area contributed by atoms with E-state index in [1.54, 1.807) is 5.38 Å². The van der Waals surface area contributed by atoms with E-state index in [9.17, 15) is 0 Å². The van der Waals surface area contributed by atoms with Crippen LogP contribution in [-0.2, 0) is 25.3 Å². The number of aromatic nitrogens is 1. The second kappa shape index (κ2) is 6.76. The van der Waals surface area contributed by atoms with E-state index >= 15 is 0 Å². The molecule has 0 aromatic carbocycles. The van der Waals surface area contributed by atoms with Gasteiger partial charge in [0.25, 0.3) is 0 Å². The summed E-state index contributed by atoms with van der Waals surface area (Å²) in [4.78, 5) is 0.694. The molecule has 1 rings (SSSR count). The molecule has 0 saturated heterocycles.